The van der Waals surface area contributed by atoms with Crippen LogP contribution in [0.3, 0.4) is 0 Å². The van der Waals surface area contributed by atoms with Crippen LogP contribution in [0.5, 0.6) is 0 Å². The van der Waals surface area contributed by atoms with Crippen LogP contribution in [0.1, 0.15) is 24.6 Å². The SMILES string of the molecule is CC(=O)CCc1ccc(C)nc1. The quantitative estimate of drug-likeness (QED) is 0.681. The van der Waals surface area contributed by atoms with Crippen LogP contribution in [0, 0.1) is 6.92 Å². The highest BCUT2D eigenvalue weighted by atomic mass is 16.1. The number of hydrogen-bond acceptors (Lipinski definition) is 2. The Morgan fingerprint density at radius 3 is 2.75 bits per heavy atom. The zero-order chi connectivity index (χ0) is 8.97. The molecule has 0 saturated heterocycles. The monoisotopic (exact) mass is 163 g/mol. The fraction of sp³-hybridized carbons (Fsp3) is 0.400. The van der Waals surface area contributed by atoms with E-state index in [4.69, 9.17) is 0 Å². The van der Waals surface area contributed by atoms with Crippen molar-refractivity contribution < 1.29 is 4.79 Å². The third-order valence-electron chi connectivity index (χ3n) is 1.74. The second-order valence-electron chi connectivity index (χ2n) is 3.01. The molecule has 0 saturated carbocycles. The summed E-state index contributed by atoms with van der Waals surface area (Å²) >= 11 is 0. The maximum Gasteiger partial charge on any atom is 0.130 e. The molecule has 0 N–H and O–H groups in total. The normalized spacial score (nSPS) is 9.83. The van der Waals surface area contributed by atoms with E-state index >= 15 is 0 Å². The molecule has 0 unspecified atom stereocenters. The summed E-state index contributed by atoms with van der Waals surface area (Å²) in [6, 6.07) is 3.99. The highest BCUT2D eigenvalue weighted by Crippen LogP contribution is 2.02. The van der Waals surface area contributed by atoms with E-state index in [1.165, 1.54) is 0 Å². The van der Waals surface area contributed by atoms with E-state index in [0.29, 0.717) is 6.42 Å². The van der Waals surface area contributed by atoms with Gasteiger partial charge in [-0.1, -0.05) is 6.07 Å². The summed E-state index contributed by atoms with van der Waals surface area (Å²) in [4.78, 5) is 14.8. The van der Waals surface area contributed by atoms with Crippen LogP contribution in [0.2, 0.25) is 0 Å². The van der Waals surface area contributed by atoms with Crippen molar-refractivity contribution in [1.29, 1.82) is 0 Å². The molecule has 0 bridgehead atoms. The van der Waals surface area contributed by atoms with Gasteiger partial charge in [0.05, 0.1) is 0 Å². The van der Waals surface area contributed by atoms with Gasteiger partial charge in [0, 0.05) is 18.3 Å². The van der Waals surface area contributed by atoms with Crippen LogP contribution in [-0.2, 0) is 11.2 Å². The number of aryl methyl sites for hydroxylation is 2. The van der Waals surface area contributed by atoms with E-state index in [9.17, 15) is 4.79 Å². The number of Topliss-reactive ketones (excluding diaryl/α,β-unsaturated/α-hetero) is 1. The second-order valence-corrected chi connectivity index (χ2v) is 3.01. The molecule has 0 spiro atoms. The average Bonchev–Trinajstić information content (AvgIpc) is 2.03. The van der Waals surface area contributed by atoms with E-state index in [2.05, 4.69) is 4.98 Å². The van der Waals surface area contributed by atoms with Gasteiger partial charge in [-0.15, -0.1) is 0 Å². The van der Waals surface area contributed by atoms with Gasteiger partial charge in [0.25, 0.3) is 0 Å². The number of pyridine rings is 1. The van der Waals surface area contributed by atoms with Crippen molar-refractivity contribution in [2.75, 3.05) is 0 Å². The highest BCUT2D eigenvalue weighted by Gasteiger charge is 1.96. The highest BCUT2D eigenvalue weighted by molar-refractivity contribution is 5.75. The molecule has 1 rings (SSSR count). The molecular weight excluding hydrogens is 150 g/mol. The standard InChI is InChI=1S/C10H13NO/c1-8-3-5-10(7-11-8)6-4-9(2)12/h3,5,7H,4,6H2,1-2H3. The van der Waals surface area contributed by atoms with Crippen LogP contribution in [0.15, 0.2) is 18.3 Å². The van der Waals surface area contributed by atoms with Crippen molar-refractivity contribution in [3.63, 3.8) is 0 Å². The molecule has 1 heterocycles. The Bertz CT molecular complexity index is 264. The minimum absolute atomic E-state index is 0.232. The third kappa shape index (κ3) is 2.82. The van der Waals surface area contributed by atoms with Gasteiger partial charge in [-0.25, -0.2) is 0 Å². The molecule has 0 aromatic carbocycles. The maximum absolute atomic E-state index is 10.7. The molecule has 1 aromatic heterocycles. The number of hydrogen-bond donors (Lipinski definition) is 0. The van der Waals surface area contributed by atoms with Gasteiger partial charge in [-0.05, 0) is 31.9 Å². The first-order chi connectivity index (χ1) is 5.68. The zero-order valence-corrected chi connectivity index (χ0v) is 7.50. The smallest absolute Gasteiger partial charge is 0.130 e. The Morgan fingerprint density at radius 1 is 1.50 bits per heavy atom. The predicted octanol–water partition coefficient (Wildman–Crippen LogP) is 1.91. The van der Waals surface area contributed by atoms with Crippen LogP contribution in [-0.4, -0.2) is 10.8 Å². The molecule has 0 radical (unpaired) electrons. The summed E-state index contributed by atoms with van der Waals surface area (Å²) in [7, 11) is 0. The van der Waals surface area contributed by atoms with Gasteiger partial charge in [0.1, 0.15) is 5.78 Å². The van der Waals surface area contributed by atoms with Gasteiger partial charge >= 0.3 is 0 Å². The van der Waals surface area contributed by atoms with Crippen LogP contribution in [0.25, 0.3) is 0 Å². The van der Waals surface area contributed by atoms with Gasteiger partial charge in [0.15, 0.2) is 0 Å². The van der Waals surface area contributed by atoms with Gasteiger partial charge in [-0.3, -0.25) is 4.98 Å². The Balaban J connectivity index is 2.53. The number of aromatic nitrogens is 1. The van der Waals surface area contributed by atoms with Gasteiger partial charge in [0.2, 0.25) is 0 Å². The predicted molar refractivity (Wildman–Crippen MR) is 48.0 cm³/mol. The lowest BCUT2D eigenvalue weighted by Gasteiger charge is -1.98. The Kier molecular flexibility index (Phi) is 2.97. The number of carbonyl (C=O) groups is 1. The maximum atomic E-state index is 10.7. The summed E-state index contributed by atoms with van der Waals surface area (Å²) in [6.45, 7) is 3.57. The number of rotatable bonds is 3. The van der Waals surface area contributed by atoms with Crippen molar-refractivity contribution in [3.05, 3.63) is 29.6 Å². The van der Waals surface area contributed by atoms with Crippen molar-refractivity contribution in [1.82, 2.24) is 4.98 Å². The molecule has 0 atom stereocenters. The largest absolute Gasteiger partial charge is 0.300 e. The molecule has 64 valence electrons. The van der Waals surface area contributed by atoms with E-state index in [-0.39, 0.29) is 5.78 Å². The van der Waals surface area contributed by atoms with Crippen molar-refractivity contribution in [2.24, 2.45) is 0 Å². The zero-order valence-electron chi connectivity index (χ0n) is 7.50. The molecule has 0 amide bonds. The van der Waals surface area contributed by atoms with E-state index in [1.54, 1.807) is 6.92 Å². The third-order valence-corrected chi connectivity index (χ3v) is 1.74. The Labute approximate surface area is 72.6 Å². The van der Waals surface area contributed by atoms with E-state index in [0.717, 1.165) is 17.7 Å². The lowest BCUT2D eigenvalue weighted by Crippen LogP contribution is -1.94. The fourth-order valence-electron chi connectivity index (χ4n) is 0.967. The Hall–Kier alpha value is -1.18. The van der Waals surface area contributed by atoms with Crippen LogP contribution in [0.4, 0.5) is 0 Å². The average molecular weight is 163 g/mol. The molecular formula is C10H13NO. The molecule has 0 aliphatic heterocycles. The Morgan fingerprint density at radius 2 is 2.25 bits per heavy atom. The second kappa shape index (κ2) is 4.00. The summed E-state index contributed by atoms with van der Waals surface area (Å²) in [6.07, 6.45) is 3.26. The van der Waals surface area contributed by atoms with Crippen molar-refractivity contribution in [2.45, 2.75) is 26.7 Å². The topological polar surface area (TPSA) is 30.0 Å². The number of ketones is 1. The van der Waals surface area contributed by atoms with Gasteiger partial charge < -0.3 is 4.79 Å². The van der Waals surface area contributed by atoms with Crippen molar-refractivity contribution >= 4 is 5.78 Å². The van der Waals surface area contributed by atoms with E-state index < -0.39 is 0 Å². The number of carbonyl (C=O) groups excluding carboxylic acids is 1. The lowest BCUT2D eigenvalue weighted by molar-refractivity contribution is -0.116. The lowest BCUT2D eigenvalue weighted by atomic mass is 10.1. The molecule has 2 heteroatoms. The summed E-state index contributed by atoms with van der Waals surface area (Å²) < 4.78 is 0. The molecule has 0 aliphatic rings. The molecule has 2 nitrogen and oxygen atoms in total. The van der Waals surface area contributed by atoms with Crippen LogP contribution < -0.4 is 0 Å². The molecule has 0 fully saturated rings. The van der Waals surface area contributed by atoms with Gasteiger partial charge in [-0.2, -0.15) is 0 Å². The first-order valence-electron chi connectivity index (χ1n) is 4.09. The fourth-order valence-corrected chi connectivity index (χ4v) is 0.967. The summed E-state index contributed by atoms with van der Waals surface area (Å²) in [5, 5.41) is 0. The minimum atomic E-state index is 0.232. The molecule has 1 aromatic rings. The molecule has 12 heavy (non-hydrogen) atoms. The van der Waals surface area contributed by atoms with Crippen LogP contribution >= 0.6 is 0 Å². The van der Waals surface area contributed by atoms with E-state index in [1.807, 2.05) is 25.3 Å². The first-order valence-corrected chi connectivity index (χ1v) is 4.09. The number of nitrogens with zero attached hydrogens (tertiary/aromatic N) is 1. The summed E-state index contributed by atoms with van der Waals surface area (Å²) in [5.41, 5.74) is 2.15. The minimum Gasteiger partial charge on any atom is -0.300 e. The summed E-state index contributed by atoms with van der Waals surface area (Å²) in [5.74, 6) is 0.232. The molecule has 0 aliphatic carbocycles. The van der Waals surface area contributed by atoms with Crippen molar-refractivity contribution in [3.8, 4) is 0 Å². The first kappa shape index (κ1) is 8.91.